The summed E-state index contributed by atoms with van der Waals surface area (Å²) in [5.41, 5.74) is 0. The largest absolute Gasteiger partial charge is 0.508 e. The standard InChI is InChI=1S/C9H14O3/c1-11-9(10)12-8-6-4-2-3-5-7-8/h4,6,8H,2-3,5,7H2,1H3/t8-/m0/s1. The monoisotopic (exact) mass is 170 g/mol. The summed E-state index contributed by atoms with van der Waals surface area (Å²) in [6.45, 7) is 0. The maximum absolute atomic E-state index is 10.7. The van der Waals surface area contributed by atoms with E-state index in [2.05, 4.69) is 10.8 Å². The molecule has 1 aliphatic carbocycles. The summed E-state index contributed by atoms with van der Waals surface area (Å²) in [7, 11) is 1.32. The lowest BCUT2D eigenvalue weighted by Crippen LogP contribution is -2.15. The van der Waals surface area contributed by atoms with Gasteiger partial charge in [0.1, 0.15) is 6.10 Å². The van der Waals surface area contributed by atoms with Crippen LogP contribution in [0.4, 0.5) is 4.79 Å². The van der Waals surface area contributed by atoms with Crippen molar-refractivity contribution >= 4 is 6.16 Å². The Kier molecular flexibility index (Phi) is 3.64. The van der Waals surface area contributed by atoms with Crippen molar-refractivity contribution in [2.45, 2.75) is 31.8 Å². The molecule has 0 aliphatic heterocycles. The molecule has 3 nitrogen and oxygen atoms in total. The second-order valence-electron chi connectivity index (χ2n) is 2.82. The minimum Gasteiger partial charge on any atom is -0.438 e. The number of carbonyl (C=O) groups is 1. The Labute approximate surface area is 72.4 Å². The summed E-state index contributed by atoms with van der Waals surface area (Å²) in [5, 5.41) is 0. The van der Waals surface area contributed by atoms with Crippen LogP contribution in [-0.2, 0) is 9.47 Å². The van der Waals surface area contributed by atoms with Gasteiger partial charge in [0.25, 0.3) is 0 Å². The molecular formula is C9H14O3. The normalized spacial score (nSPS) is 22.9. The van der Waals surface area contributed by atoms with Crippen LogP contribution in [0.25, 0.3) is 0 Å². The third kappa shape index (κ3) is 2.95. The van der Waals surface area contributed by atoms with E-state index in [-0.39, 0.29) is 6.10 Å². The molecule has 1 atom stereocenters. The molecule has 0 N–H and O–H groups in total. The van der Waals surface area contributed by atoms with Gasteiger partial charge in [-0.2, -0.15) is 0 Å². The number of carbonyl (C=O) groups excluding carboxylic acids is 1. The van der Waals surface area contributed by atoms with Crippen LogP contribution in [0.1, 0.15) is 25.7 Å². The molecule has 0 amide bonds. The van der Waals surface area contributed by atoms with E-state index in [0.29, 0.717) is 0 Å². The highest BCUT2D eigenvalue weighted by atomic mass is 16.7. The van der Waals surface area contributed by atoms with Gasteiger partial charge in [-0.25, -0.2) is 4.79 Å². The molecule has 0 saturated heterocycles. The van der Waals surface area contributed by atoms with Gasteiger partial charge in [-0.15, -0.1) is 0 Å². The lowest BCUT2D eigenvalue weighted by molar-refractivity contribution is 0.0498. The van der Waals surface area contributed by atoms with Crippen molar-refractivity contribution < 1.29 is 14.3 Å². The highest BCUT2D eigenvalue weighted by Gasteiger charge is 2.12. The smallest absolute Gasteiger partial charge is 0.438 e. The van der Waals surface area contributed by atoms with Gasteiger partial charge in [-0.3, -0.25) is 0 Å². The Bertz CT molecular complexity index is 175. The highest BCUT2D eigenvalue weighted by Crippen LogP contribution is 2.14. The molecule has 0 fully saturated rings. The van der Waals surface area contributed by atoms with Crippen LogP contribution in [-0.4, -0.2) is 19.4 Å². The fraction of sp³-hybridized carbons (Fsp3) is 0.667. The molecule has 0 spiro atoms. The number of allylic oxidation sites excluding steroid dienone is 1. The van der Waals surface area contributed by atoms with Crippen molar-refractivity contribution in [2.75, 3.05) is 7.11 Å². The molecule has 3 heteroatoms. The van der Waals surface area contributed by atoms with Crippen LogP contribution >= 0.6 is 0 Å². The van der Waals surface area contributed by atoms with E-state index in [1.807, 2.05) is 6.08 Å². The van der Waals surface area contributed by atoms with E-state index >= 15 is 0 Å². The third-order valence-corrected chi connectivity index (χ3v) is 1.87. The van der Waals surface area contributed by atoms with E-state index in [0.717, 1.165) is 19.3 Å². The first-order valence-corrected chi connectivity index (χ1v) is 4.24. The van der Waals surface area contributed by atoms with Crippen molar-refractivity contribution in [2.24, 2.45) is 0 Å². The molecule has 0 radical (unpaired) electrons. The van der Waals surface area contributed by atoms with Crippen LogP contribution in [0.3, 0.4) is 0 Å². The summed E-state index contributed by atoms with van der Waals surface area (Å²) < 4.78 is 9.37. The summed E-state index contributed by atoms with van der Waals surface area (Å²) in [5.74, 6) is 0. The lowest BCUT2D eigenvalue weighted by Gasteiger charge is -2.10. The van der Waals surface area contributed by atoms with Crippen LogP contribution in [0.2, 0.25) is 0 Å². The number of hydrogen-bond acceptors (Lipinski definition) is 3. The molecule has 0 unspecified atom stereocenters. The molecule has 0 aromatic carbocycles. The summed E-state index contributed by atoms with van der Waals surface area (Å²) >= 11 is 0. The van der Waals surface area contributed by atoms with E-state index in [9.17, 15) is 4.79 Å². The SMILES string of the molecule is COC(=O)O[C@H]1C=CCCCC1. The molecule has 1 rings (SSSR count). The Morgan fingerprint density at radius 2 is 2.33 bits per heavy atom. The van der Waals surface area contributed by atoms with Crippen LogP contribution < -0.4 is 0 Å². The topological polar surface area (TPSA) is 35.5 Å². The van der Waals surface area contributed by atoms with Gasteiger partial charge in [0.15, 0.2) is 0 Å². The summed E-state index contributed by atoms with van der Waals surface area (Å²) in [6, 6.07) is 0. The summed E-state index contributed by atoms with van der Waals surface area (Å²) in [4.78, 5) is 10.7. The quantitative estimate of drug-likeness (QED) is 0.447. The fourth-order valence-electron chi connectivity index (χ4n) is 1.22. The second kappa shape index (κ2) is 4.80. The Morgan fingerprint density at radius 1 is 1.50 bits per heavy atom. The second-order valence-corrected chi connectivity index (χ2v) is 2.82. The van der Waals surface area contributed by atoms with Gasteiger partial charge < -0.3 is 9.47 Å². The number of methoxy groups -OCH3 is 1. The predicted molar refractivity (Wildman–Crippen MR) is 44.9 cm³/mol. The predicted octanol–water partition coefficient (Wildman–Crippen LogP) is 2.27. The number of rotatable bonds is 1. The Morgan fingerprint density at radius 3 is 3.08 bits per heavy atom. The van der Waals surface area contributed by atoms with E-state index in [1.54, 1.807) is 0 Å². The van der Waals surface area contributed by atoms with Crippen molar-refractivity contribution in [3.63, 3.8) is 0 Å². The average molecular weight is 170 g/mol. The van der Waals surface area contributed by atoms with Gasteiger partial charge in [0.2, 0.25) is 0 Å². The zero-order chi connectivity index (χ0) is 8.81. The minimum atomic E-state index is -0.591. The van der Waals surface area contributed by atoms with E-state index in [1.165, 1.54) is 13.5 Å². The van der Waals surface area contributed by atoms with Crippen molar-refractivity contribution in [1.82, 2.24) is 0 Å². The van der Waals surface area contributed by atoms with Crippen molar-refractivity contribution in [3.05, 3.63) is 12.2 Å². The Hall–Kier alpha value is -0.990. The molecule has 12 heavy (non-hydrogen) atoms. The zero-order valence-corrected chi connectivity index (χ0v) is 7.29. The molecule has 0 saturated carbocycles. The third-order valence-electron chi connectivity index (χ3n) is 1.87. The molecule has 68 valence electrons. The number of ether oxygens (including phenoxy) is 2. The Balaban J connectivity index is 2.34. The van der Waals surface area contributed by atoms with Gasteiger partial charge in [0, 0.05) is 0 Å². The van der Waals surface area contributed by atoms with Gasteiger partial charge in [0.05, 0.1) is 7.11 Å². The van der Waals surface area contributed by atoms with Gasteiger partial charge in [-0.05, 0) is 31.8 Å². The maximum Gasteiger partial charge on any atom is 0.508 e. The first kappa shape index (κ1) is 9.10. The minimum absolute atomic E-state index is 0.0834. The van der Waals surface area contributed by atoms with Crippen molar-refractivity contribution in [1.29, 1.82) is 0 Å². The summed E-state index contributed by atoms with van der Waals surface area (Å²) in [6.07, 6.45) is 7.59. The fourth-order valence-corrected chi connectivity index (χ4v) is 1.22. The highest BCUT2D eigenvalue weighted by molar-refractivity contribution is 5.60. The van der Waals surface area contributed by atoms with Crippen LogP contribution in [0.15, 0.2) is 12.2 Å². The van der Waals surface area contributed by atoms with Gasteiger partial charge >= 0.3 is 6.16 Å². The van der Waals surface area contributed by atoms with Gasteiger partial charge in [-0.1, -0.05) is 6.08 Å². The molecule has 0 bridgehead atoms. The maximum atomic E-state index is 10.7. The van der Waals surface area contributed by atoms with E-state index in [4.69, 9.17) is 4.74 Å². The number of hydrogen-bond donors (Lipinski definition) is 0. The average Bonchev–Trinajstić information content (AvgIpc) is 2.33. The molecule has 0 heterocycles. The van der Waals surface area contributed by atoms with Crippen molar-refractivity contribution in [3.8, 4) is 0 Å². The first-order valence-electron chi connectivity index (χ1n) is 4.24. The molecule has 1 aliphatic rings. The van der Waals surface area contributed by atoms with E-state index < -0.39 is 6.16 Å². The molecular weight excluding hydrogens is 156 g/mol. The lowest BCUT2D eigenvalue weighted by atomic mass is 10.2. The molecule has 0 aromatic rings. The van der Waals surface area contributed by atoms with Crippen LogP contribution in [0.5, 0.6) is 0 Å². The van der Waals surface area contributed by atoms with Crippen LogP contribution in [0, 0.1) is 0 Å². The first-order chi connectivity index (χ1) is 5.83. The molecule has 0 aromatic heterocycles. The zero-order valence-electron chi connectivity index (χ0n) is 7.29.